The molecule has 5 nitrogen and oxygen atoms in total. The van der Waals surface area contributed by atoms with Crippen LogP contribution in [0.2, 0.25) is 0 Å². The number of likely N-dealkylation sites (tertiary alicyclic amines) is 1. The Morgan fingerprint density at radius 3 is 2.70 bits per heavy atom. The van der Waals surface area contributed by atoms with E-state index in [9.17, 15) is 9.59 Å². The number of nitrogens with zero attached hydrogens (tertiary/aromatic N) is 1. The number of rotatable bonds is 6. The maximum absolute atomic E-state index is 12.4. The molecular formula is C22H23N3O2. The number of aromatic nitrogens is 1. The Morgan fingerprint density at radius 2 is 1.93 bits per heavy atom. The summed E-state index contributed by atoms with van der Waals surface area (Å²) in [5.41, 5.74) is 4.02. The average molecular weight is 361 g/mol. The highest BCUT2D eigenvalue weighted by Crippen LogP contribution is 2.18. The number of nitrogens with one attached hydrogen (secondary N) is 2. The van der Waals surface area contributed by atoms with Crippen molar-refractivity contribution in [3.05, 3.63) is 71.4 Å². The Balaban J connectivity index is 1.31. The van der Waals surface area contributed by atoms with E-state index in [0.29, 0.717) is 25.1 Å². The van der Waals surface area contributed by atoms with Crippen LogP contribution in [0.1, 0.15) is 34.3 Å². The lowest BCUT2D eigenvalue weighted by Gasteiger charge is -2.15. The van der Waals surface area contributed by atoms with Crippen LogP contribution >= 0.6 is 0 Å². The van der Waals surface area contributed by atoms with E-state index in [1.54, 1.807) is 0 Å². The molecule has 27 heavy (non-hydrogen) atoms. The molecule has 3 aromatic rings. The lowest BCUT2D eigenvalue weighted by atomic mass is 10.1. The second kappa shape index (κ2) is 7.66. The summed E-state index contributed by atoms with van der Waals surface area (Å²) in [6.07, 6.45) is 4.38. The van der Waals surface area contributed by atoms with E-state index in [0.717, 1.165) is 30.5 Å². The highest BCUT2D eigenvalue weighted by molar-refractivity contribution is 5.94. The zero-order valence-electron chi connectivity index (χ0n) is 15.2. The molecule has 2 amide bonds. The van der Waals surface area contributed by atoms with Gasteiger partial charge < -0.3 is 15.2 Å². The SMILES string of the molecule is O=C(NCCc1c[nH]c2ccccc12)c1ccc(CN2CCCC2=O)cc1. The molecule has 0 spiro atoms. The van der Waals surface area contributed by atoms with Crippen LogP contribution in [0.25, 0.3) is 10.9 Å². The maximum Gasteiger partial charge on any atom is 0.251 e. The minimum Gasteiger partial charge on any atom is -0.361 e. The number of benzene rings is 2. The molecule has 1 fully saturated rings. The van der Waals surface area contributed by atoms with Crippen LogP contribution in [0, 0.1) is 0 Å². The molecule has 4 rings (SSSR count). The predicted octanol–water partition coefficient (Wildman–Crippen LogP) is 3.26. The second-order valence-electron chi connectivity index (χ2n) is 6.98. The third-order valence-electron chi connectivity index (χ3n) is 5.12. The first-order chi connectivity index (χ1) is 13.2. The van der Waals surface area contributed by atoms with Crippen LogP contribution in [-0.2, 0) is 17.8 Å². The summed E-state index contributed by atoms with van der Waals surface area (Å²) in [5.74, 6) is 0.146. The third-order valence-corrected chi connectivity index (χ3v) is 5.12. The van der Waals surface area contributed by atoms with Crippen LogP contribution < -0.4 is 5.32 Å². The number of para-hydroxylation sites is 1. The molecule has 2 aromatic carbocycles. The molecule has 138 valence electrons. The summed E-state index contributed by atoms with van der Waals surface area (Å²) in [5, 5.41) is 4.19. The van der Waals surface area contributed by atoms with Gasteiger partial charge in [-0.1, -0.05) is 30.3 Å². The fourth-order valence-corrected chi connectivity index (χ4v) is 3.60. The summed E-state index contributed by atoms with van der Waals surface area (Å²) < 4.78 is 0. The molecule has 0 radical (unpaired) electrons. The second-order valence-corrected chi connectivity index (χ2v) is 6.98. The molecule has 2 N–H and O–H groups in total. The first-order valence-corrected chi connectivity index (χ1v) is 9.40. The number of fused-ring (bicyclic) bond motifs is 1. The van der Waals surface area contributed by atoms with Gasteiger partial charge in [0.15, 0.2) is 0 Å². The molecule has 0 unspecified atom stereocenters. The van der Waals surface area contributed by atoms with Gasteiger partial charge in [0.1, 0.15) is 0 Å². The van der Waals surface area contributed by atoms with Crippen LogP contribution in [0.15, 0.2) is 54.7 Å². The highest BCUT2D eigenvalue weighted by atomic mass is 16.2. The van der Waals surface area contributed by atoms with Gasteiger partial charge in [0.2, 0.25) is 5.91 Å². The van der Waals surface area contributed by atoms with E-state index in [2.05, 4.69) is 22.4 Å². The van der Waals surface area contributed by atoms with Gasteiger partial charge in [-0.3, -0.25) is 9.59 Å². The first-order valence-electron chi connectivity index (χ1n) is 9.40. The highest BCUT2D eigenvalue weighted by Gasteiger charge is 2.20. The van der Waals surface area contributed by atoms with E-state index < -0.39 is 0 Å². The van der Waals surface area contributed by atoms with Gasteiger partial charge in [-0.15, -0.1) is 0 Å². The van der Waals surface area contributed by atoms with Gasteiger partial charge in [-0.25, -0.2) is 0 Å². The van der Waals surface area contributed by atoms with Crippen molar-refractivity contribution in [3.8, 4) is 0 Å². The summed E-state index contributed by atoms with van der Waals surface area (Å²) >= 11 is 0. The molecule has 1 aliphatic rings. The van der Waals surface area contributed by atoms with Gasteiger partial charge >= 0.3 is 0 Å². The Hall–Kier alpha value is -3.08. The zero-order chi connectivity index (χ0) is 18.6. The first kappa shape index (κ1) is 17.3. The summed E-state index contributed by atoms with van der Waals surface area (Å²) in [6, 6.07) is 15.7. The Labute approximate surface area is 158 Å². The van der Waals surface area contributed by atoms with Gasteiger partial charge in [0.05, 0.1) is 0 Å². The molecular weight excluding hydrogens is 338 g/mol. The average Bonchev–Trinajstić information content (AvgIpc) is 3.29. The van der Waals surface area contributed by atoms with Crippen molar-refractivity contribution in [2.45, 2.75) is 25.8 Å². The lowest BCUT2D eigenvalue weighted by molar-refractivity contribution is -0.128. The van der Waals surface area contributed by atoms with Crippen molar-refractivity contribution >= 4 is 22.7 Å². The van der Waals surface area contributed by atoms with Crippen molar-refractivity contribution in [1.82, 2.24) is 15.2 Å². The zero-order valence-corrected chi connectivity index (χ0v) is 15.2. The van der Waals surface area contributed by atoms with E-state index in [4.69, 9.17) is 0 Å². The van der Waals surface area contributed by atoms with E-state index >= 15 is 0 Å². The monoisotopic (exact) mass is 361 g/mol. The maximum atomic E-state index is 12.4. The van der Waals surface area contributed by atoms with Crippen LogP contribution in [0.3, 0.4) is 0 Å². The van der Waals surface area contributed by atoms with Gasteiger partial charge in [-0.2, -0.15) is 0 Å². The van der Waals surface area contributed by atoms with Gasteiger partial charge in [-0.05, 0) is 42.2 Å². The Bertz CT molecular complexity index is 959. The number of carbonyl (C=O) groups excluding carboxylic acids is 2. The molecule has 2 heterocycles. The van der Waals surface area contributed by atoms with E-state index in [1.165, 1.54) is 10.9 Å². The van der Waals surface area contributed by atoms with Crippen molar-refractivity contribution < 1.29 is 9.59 Å². The van der Waals surface area contributed by atoms with Crippen molar-refractivity contribution in [1.29, 1.82) is 0 Å². The van der Waals surface area contributed by atoms with Gasteiger partial charge in [0, 0.05) is 48.7 Å². The van der Waals surface area contributed by atoms with E-state index in [1.807, 2.05) is 47.5 Å². The number of aromatic amines is 1. The molecule has 1 aliphatic heterocycles. The molecule has 0 aliphatic carbocycles. The standard InChI is InChI=1S/C22H23N3O2/c26-21-6-3-13-25(21)15-16-7-9-17(10-8-16)22(27)23-12-11-18-14-24-20-5-2-1-4-19(18)20/h1-2,4-5,7-10,14,24H,3,6,11-13,15H2,(H,23,27). The number of amides is 2. The fraction of sp³-hybridized carbons (Fsp3) is 0.273. The quantitative estimate of drug-likeness (QED) is 0.708. The molecule has 1 aromatic heterocycles. The lowest BCUT2D eigenvalue weighted by Crippen LogP contribution is -2.26. The largest absolute Gasteiger partial charge is 0.361 e. The number of hydrogen-bond acceptors (Lipinski definition) is 2. The van der Waals surface area contributed by atoms with E-state index in [-0.39, 0.29) is 11.8 Å². The predicted molar refractivity (Wildman–Crippen MR) is 105 cm³/mol. The molecule has 0 atom stereocenters. The third kappa shape index (κ3) is 3.87. The minimum atomic E-state index is -0.0707. The van der Waals surface area contributed by atoms with Crippen LogP contribution in [0.5, 0.6) is 0 Å². The Kier molecular flexibility index (Phi) is 4.92. The number of hydrogen-bond donors (Lipinski definition) is 2. The van der Waals surface area contributed by atoms with Crippen LogP contribution in [0.4, 0.5) is 0 Å². The molecule has 5 heteroatoms. The smallest absolute Gasteiger partial charge is 0.251 e. The Morgan fingerprint density at radius 1 is 1.11 bits per heavy atom. The summed E-state index contributed by atoms with van der Waals surface area (Å²) in [7, 11) is 0. The number of H-pyrrole nitrogens is 1. The summed E-state index contributed by atoms with van der Waals surface area (Å²) in [6.45, 7) is 2.04. The minimum absolute atomic E-state index is 0.0707. The molecule has 0 saturated carbocycles. The van der Waals surface area contributed by atoms with Crippen LogP contribution in [-0.4, -0.2) is 34.8 Å². The fourth-order valence-electron chi connectivity index (χ4n) is 3.60. The van der Waals surface area contributed by atoms with Crippen molar-refractivity contribution in [2.24, 2.45) is 0 Å². The topological polar surface area (TPSA) is 65.2 Å². The van der Waals surface area contributed by atoms with Crippen molar-refractivity contribution in [2.75, 3.05) is 13.1 Å². The van der Waals surface area contributed by atoms with Crippen molar-refractivity contribution in [3.63, 3.8) is 0 Å². The number of carbonyl (C=O) groups is 2. The summed E-state index contributed by atoms with van der Waals surface area (Å²) in [4.78, 5) is 29.2. The van der Waals surface area contributed by atoms with Gasteiger partial charge in [0.25, 0.3) is 5.91 Å². The normalized spacial score (nSPS) is 14.1. The molecule has 1 saturated heterocycles. The molecule has 0 bridgehead atoms.